The fourth-order valence-corrected chi connectivity index (χ4v) is 2.28. The molecule has 0 saturated heterocycles. The van der Waals surface area contributed by atoms with Crippen LogP contribution in [0.1, 0.15) is 37.0 Å². The third-order valence-corrected chi connectivity index (χ3v) is 3.49. The van der Waals surface area contributed by atoms with Crippen LogP contribution in [0.3, 0.4) is 0 Å². The molecule has 0 aliphatic carbocycles. The number of aromatic amines is 1. The van der Waals surface area contributed by atoms with E-state index in [0.29, 0.717) is 24.1 Å². The highest BCUT2D eigenvalue weighted by Crippen LogP contribution is 2.16. The Kier molecular flexibility index (Phi) is 5.85. The Bertz CT molecular complexity index is 344. The van der Waals surface area contributed by atoms with Gasteiger partial charge >= 0.3 is 0 Å². The molecule has 0 spiro atoms. The predicted octanol–water partition coefficient (Wildman–Crippen LogP) is 1.51. The Balaban J connectivity index is 2.55. The van der Waals surface area contributed by atoms with E-state index in [1.54, 1.807) is 6.20 Å². The van der Waals surface area contributed by atoms with E-state index in [1.807, 2.05) is 0 Å². The number of rotatable bonds is 7. The molecule has 1 atom stereocenters. The first kappa shape index (κ1) is 14.7. The van der Waals surface area contributed by atoms with Gasteiger partial charge in [-0.15, -0.1) is 0 Å². The van der Waals surface area contributed by atoms with E-state index in [9.17, 15) is 4.79 Å². The maximum absolute atomic E-state index is 11.8. The minimum atomic E-state index is -0.0680. The second-order valence-electron chi connectivity index (χ2n) is 4.80. The Morgan fingerprint density at radius 2 is 2.11 bits per heavy atom. The topological polar surface area (TPSA) is 61.0 Å². The van der Waals surface area contributed by atoms with Crippen molar-refractivity contribution in [3.63, 3.8) is 0 Å². The minimum Gasteiger partial charge on any atom is -0.350 e. The van der Waals surface area contributed by atoms with Gasteiger partial charge < -0.3 is 10.2 Å². The number of H-pyrrole nitrogens is 1. The van der Waals surface area contributed by atoms with Gasteiger partial charge in [-0.1, -0.05) is 26.7 Å². The third kappa shape index (κ3) is 3.84. The van der Waals surface area contributed by atoms with Gasteiger partial charge in [-0.3, -0.25) is 9.89 Å². The van der Waals surface area contributed by atoms with Crippen molar-refractivity contribution in [3.05, 3.63) is 18.0 Å². The molecule has 1 heterocycles. The van der Waals surface area contributed by atoms with Crippen LogP contribution in [0.15, 0.2) is 12.4 Å². The lowest BCUT2D eigenvalue weighted by Gasteiger charge is -2.31. The molecule has 0 bridgehead atoms. The summed E-state index contributed by atoms with van der Waals surface area (Å²) in [7, 11) is 4.12. The van der Waals surface area contributed by atoms with Crippen LogP contribution in [0.2, 0.25) is 0 Å². The molecule has 102 valence electrons. The van der Waals surface area contributed by atoms with Crippen LogP contribution in [0.4, 0.5) is 0 Å². The fourth-order valence-electron chi connectivity index (χ4n) is 2.28. The highest BCUT2D eigenvalue weighted by Gasteiger charge is 2.21. The van der Waals surface area contributed by atoms with Gasteiger partial charge in [0.15, 0.2) is 0 Å². The first-order valence-corrected chi connectivity index (χ1v) is 6.53. The quantitative estimate of drug-likeness (QED) is 0.773. The summed E-state index contributed by atoms with van der Waals surface area (Å²) in [6.45, 7) is 5.06. The van der Waals surface area contributed by atoms with E-state index < -0.39 is 0 Å². The molecule has 0 radical (unpaired) electrons. The molecule has 0 aromatic carbocycles. The van der Waals surface area contributed by atoms with E-state index >= 15 is 0 Å². The molecule has 1 unspecified atom stereocenters. The molecule has 5 heteroatoms. The maximum atomic E-state index is 11.8. The van der Waals surface area contributed by atoms with Crippen molar-refractivity contribution in [2.24, 2.45) is 5.92 Å². The summed E-state index contributed by atoms with van der Waals surface area (Å²) in [6, 6.07) is 0.371. The number of likely N-dealkylation sites (N-methyl/N-ethyl adjacent to an activating group) is 1. The smallest absolute Gasteiger partial charge is 0.254 e. The number of aromatic nitrogens is 2. The molecule has 0 saturated carbocycles. The number of amides is 1. The fraction of sp³-hybridized carbons (Fsp3) is 0.692. The molecule has 0 aliphatic heterocycles. The van der Waals surface area contributed by atoms with E-state index in [0.717, 1.165) is 12.8 Å². The summed E-state index contributed by atoms with van der Waals surface area (Å²) >= 11 is 0. The average Bonchev–Trinajstić information content (AvgIpc) is 2.87. The molecule has 1 aromatic rings. The second-order valence-corrected chi connectivity index (χ2v) is 4.80. The van der Waals surface area contributed by atoms with Gasteiger partial charge in [0, 0.05) is 18.8 Å². The highest BCUT2D eigenvalue weighted by atomic mass is 16.1. The van der Waals surface area contributed by atoms with Crippen molar-refractivity contribution in [1.29, 1.82) is 0 Å². The van der Waals surface area contributed by atoms with Crippen molar-refractivity contribution in [3.8, 4) is 0 Å². The van der Waals surface area contributed by atoms with Crippen molar-refractivity contribution in [1.82, 2.24) is 20.4 Å². The zero-order valence-corrected chi connectivity index (χ0v) is 11.7. The van der Waals surface area contributed by atoms with Crippen molar-refractivity contribution in [2.45, 2.75) is 32.7 Å². The van der Waals surface area contributed by atoms with E-state index in [1.165, 1.54) is 6.20 Å². The van der Waals surface area contributed by atoms with Crippen LogP contribution < -0.4 is 5.32 Å². The molecular weight excluding hydrogens is 228 g/mol. The largest absolute Gasteiger partial charge is 0.350 e. The van der Waals surface area contributed by atoms with Gasteiger partial charge in [0.2, 0.25) is 0 Å². The zero-order chi connectivity index (χ0) is 13.5. The summed E-state index contributed by atoms with van der Waals surface area (Å²) in [5.74, 6) is 0.534. The summed E-state index contributed by atoms with van der Waals surface area (Å²) in [5.41, 5.74) is 0.581. The summed E-state index contributed by atoms with van der Waals surface area (Å²) in [5, 5.41) is 9.40. The summed E-state index contributed by atoms with van der Waals surface area (Å²) in [4.78, 5) is 14.0. The van der Waals surface area contributed by atoms with Crippen LogP contribution in [0, 0.1) is 5.92 Å². The lowest BCUT2D eigenvalue weighted by atomic mass is 9.93. The number of hydrogen-bond donors (Lipinski definition) is 2. The van der Waals surface area contributed by atoms with Crippen LogP contribution in [0.25, 0.3) is 0 Å². The summed E-state index contributed by atoms with van der Waals surface area (Å²) in [6.07, 6.45) is 5.40. The Hall–Kier alpha value is -1.36. The molecule has 18 heavy (non-hydrogen) atoms. The minimum absolute atomic E-state index is 0.0680. The van der Waals surface area contributed by atoms with E-state index in [-0.39, 0.29) is 5.91 Å². The van der Waals surface area contributed by atoms with Crippen molar-refractivity contribution >= 4 is 5.91 Å². The molecule has 0 fully saturated rings. The molecule has 5 nitrogen and oxygen atoms in total. The van der Waals surface area contributed by atoms with Gasteiger partial charge in [0.1, 0.15) is 0 Å². The number of carbonyl (C=O) groups excluding carboxylic acids is 1. The van der Waals surface area contributed by atoms with Gasteiger partial charge in [-0.25, -0.2) is 0 Å². The first-order chi connectivity index (χ1) is 8.60. The first-order valence-electron chi connectivity index (χ1n) is 6.53. The van der Waals surface area contributed by atoms with Crippen LogP contribution in [0.5, 0.6) is 0 Å². The standard InChI is InChI=1S/C13H24N4O/c1-5-10(6-2)12(17(3)4)9-14-13(18)11-7-15-16-8-11/h7-8,10,12H,5-6,9H2,1-4H3,(H,14,18)(H,15,16). The Morgan fingerprint density at radius 1 is 1.44 bits per heavy atom. The second kappa shape index (κ2) is 7.16. The van der Waals surface area contributed by atoms with Crippen molar-refractivity contribution < 1.29 is 4.79 Å². The molecule has 1 rings (SSSR count). The van der Waals surface area contributed by atoms with Crippen molar-refractivity contribution in [2.75, 3.05) is 20.6 Å². The monoisotopic (exact) mass is 252 g/mol. The molecule has 0 aliphatic rings. The zero-order valence-electron chi connectivity index (χ0n) is 11.7. The van der Waals surface area contributed by atoms with E-state index in [4.69, 9.17) is 0 Å². The van der Waals surface area contributed by atoms with Crippen LogP contribution in [-0.2, 0) is 0 Å². The SMILES string of the molecule is CCC(CC)C(CNC(=O)c1cn[nH]c1)N(C)C. The lowest BCUT2D eigenvalue weighted by molar-refractivity contribution is 0.0929. The average molecular weight is 252 g/mol. The summed E-state index contributed by atoms with van der Waals surface area (Å²) < 4.78 is 0. The van der Waals surface area contributed by atoms with Crippen LogP contribution >= 0.6 is 0 Å². The molecule has 1 amide bonds. The number of nitrogens with zero attached hydrogens (tertiary/aromatic N) is 2. The number of carbonyl (C=O) groups is 1. The van der Waals surface area contributed by atoms with Gasteiger partial charge in [-0.2, -0.15) is 5.10 Å². The number of hydrogen-bond acceptors (Lipinski definition) is 3. The molecule has 2 N–H and O–H groups in total. The van der Waals surface area contributed by atoms with Crippen LogP contribution in [-0.4, -0.2) is 47.7 Å². The van der Waals surface area contributed by atoms with Gasteiger partial charge in [0.25, 0.3) is 5.91 Å². The predicted molar refractivity (Wildman–Crippen MR) is 72.5 cm³/mol. The molecule has 1 aromatic heterocycles. The Labute approximate surface area is 109 Å². The normalized spacial score (nSPS) is 13.0. The van der Waals surface area contributed by atoms with E-state index in [2.05, 4.69) is 48.4 Å². The molecular formula is C13H24N4O. The Morgan fingerprint density at radius 3 is 2.56 bits per heavy atom. The number of nitrogens with one attached hydrogen (secondary N) is 2. The highest BCUT2D eigenvalue weighted by molar-refractivity contribution is 5.93. The maximum Gasteiger partial charge on any atom is 0.254 e. The van der Waals surface area contributed by atoms with Gasteiger partial charge in [0.05, 0.1) is 11.8 Å². The lowest BCUT2D eigenvalue weighted by Crippen LogP contribution is -2.44. The van der Waals surface area contributed by atoms with Gasteiger partial charge in [-0.05, 0) is 20.0 Å². The third-order valence-electron chi connectivity index (χ3n) is 3.49.